The fourth-order valence-electron chi connectivity index (χ4n) is 2.27. The van der Waals surface area contributed by atoms with Gasteiger partial charge in [-0.25, -0.2) is 0 Å². The number of carbonyl (C=O) groups is 1. The summed E-state index contributed by atoms with van der Waals surface area (Å²) >= 11 is 0. The summed E-state index contributed by atoms with van der Waals surface area (Å²) < 4.78 is 0. The van der Waals surface area contributed by atoms with Gasteiger partial charge in [-0.05, 0) is 50.0 Å². The zero-order valence-electron chi connectivity index (χ0n) is 10.9. The molecule has 2 rings (SSSR count). The molecule has 106 valence electrons. The van der Waals surface area contributed by atoms with Crippen LogP contribution in [-0.4, -0.2) is 30.6 Å². The first-order valence-corrected chi connectivity index (χ1v) is 6.52. The second-order valence-electron chi connectivity index (χ2n) is 4.74. The Labute approximate surface area is 120 Å². The van der Waals surface area contributed by atoms with E-state index >= 15 is 0 Å². The first-order valence-electron chi connectivity index (χ1n) is 6.52. The van der Waals surface area contributed by atoms with Crippen LogP contribution in [0.25, 0.3) is 0 Å². The van der Waals surface area contributed by atoms with E-state index < -0.39 is 0 Å². The first-order chi connectivity index (χ1) is 8.75. The van der Waals surface area contributed by atoms with Crippen LogP contribution in [0.1, 0.15) is 18.4 Å². The summed E-state index contributed by atoms with van der Waals surface area (Å²) in [4.78, 5) is 11.9. The van der Waals surface area contributed by atoms with Crippen LogP contribution < -0.4 is 10.6 Å². The lowest BCUT2D eigenvalue weighted by atomic mass is 9.97. The molecular weight excluding hydrogens is 264 g/mol. The maximum atomic E-state index is 11.9. The minimum Gasteiger partial charge on any atom is -0.508 e. The monoisotopic (exact) mass is 284 g/mol. The number of benzene rings is 1. The molecule has 0 aliphatic carbocycles. The van der Waals surface area contributed by atoms with E-state index in [1.165, 1.54) is 0 Å². The highest BCUT2D eigenvalue weighted by atomic mass is 35.5. The van der Waals surface area contributed by atoms with Crippen LogP contribution in [0.3, 0.4) is 0 Å². The molecule has 1 aromatic carbocycles. The van der Waals surface area contributed by atoms with Crippen molar-refractivity contribution in [1.82, 2.24) is 10.6 Å². The van der Waals surface area contributed by atoms with Crippen molar-refractivity contribution < 1.29 is 9.90 Å². The van der Waals surface area contributed by atoms with E-state index in [0.717, 1.165) is 37.9 Å². The first kappa shape index (κ1) is 15.8. The van der Waals surface area contributed by atoms with E-state index in [9.17, 15) is 9.90 Å². The van der Waals surface area contributed by atoms with Crippen LogP contribution in [0.4, 0.5) is 0 Å². The number of phenolic OH excluding ortho intramolecular Hbond substituents is 1. The summed E-state index contributed by atoms with van der Waals surface area (Å²) in [6.45, 7) is 2.50. The average Bonchev–Trinajstić information content (AvgIpc) is 2.40. The summed E-state index contributed by atoms with van der Waals surface area (Å²) in [5.41, 5.74) is 1.04. The SMILES string of the molecule is Cl.O=C(NCCc1cccc(O)c1)C1CCNCC1. The van der Waals surface area contributed by atoms with Gasteiger partial charge in [0.05, 0.1) is 0 Å². The quantitative estimate of drug-likeness (QED) is 0.785. The van der Waals surface area contributed by atoms with Crippen molar-refractivity contribution in [3.63, 3.8) is 0 Å². The topological polar surface area (TPSA) is 61.4 Å². The molecule has 0 atom stereocenters. The lowest BCUT2D eigenvalue weighted by Crippen LogP contribution is -2.38. The van der Waals surface area contributed by atoms with Gasteiger partial charge in [-0.15, -0.1) is 12.4 Å². The largest absolute Gasteiger partial charge is 0.508 e. The predicted molar refractivity (Wildman–Crippen MR) is 77.7 cm³/mol. The summed E-state index contributed by atoms with van der Waals surface area (Å²) in [6.07, 6.45) is 2.61. The smallest absolute Gasteiger partial charge is 0.223 e. The summed E-state index contributed by atoms with van der Waals surface area (Å²) in [6, 6.07) is 7.16. The number of phenols is 1. The Morgan fingerprint density at radius 3 is 2.79 bits per heavy atom. The Morgan fingerprint density at radius 2 is 2.11 bits per heavy atom. The molecule has 1 amide bonds. The molecule has 0 unspecified atom stereocenters. The molecule has 1 heterocycles. The fraction of sp³-hybridized carbons (Fsp3) is 0.500. The highest BCUT2D eigenvalue weighted by Crippen LogP contribution is 2.12. The molecular formula is C14H21ClN2O2. The third kappa shape index (κ3) is 5.09. The Kier molecular flexibility index (Phi) is 6.67. The number of aromatic hydroxyl groups is 1. The number of amides is 1. The molecule has 1 fully saturated rings. The zero-order valence-corrected chi connectivity index (χ0v) is 11.7. The highest BCUT2D eigenvalue weighted by Gasteiger charge is 2.19. The Hall–Kier alpha value is -1.26. The maximum absolute atomic E-state index is 11.9. The molecule has 4 nitrogen and oxygen atoms in total. The number of rotatable bonds is 4. The lowest BCUT2D eigenvalue weighted by Gasteiger charge is -2.21. The lowest BCUT2D eigenvalue weighted by molar-refractivity contribution is -0.125. The van der Waals surface area contributed by atoms with Crippen molar-refractivity contribution in [1.29, 1.82) is 0 Å². The van der Waals surface area contributed by atoms with Crippen LogP contribution in [0, 0.1) is 5.92 Å². The molecule has 3 N–H and O–H groups in total. The predicted octanol–water partition coefficient (Wildman–Crippen LogP) is 1.47. The van der Waals surface area contributed by atoms with Crippen molar-refractivity contribution >= 4 is 18.3 Å². The minimum atomic E-state index is 0. The van der Waals surface area contributed by atoms with Gasteiger partial charge in [-0.2, -0.15) is 0 Å². The van der Waals surface area contributed by atoms with Gasteiger partial charge in [0.15, 0.2) is 0 Å². The van der Waals surface area contributed by atoms with E-state index in [1.54, 1.807) is 12.1 Å². The summed E-state index contributed by atoms with van der Waals surface area (Å²) in [5, 5.41) is 15.6. The molecule has 1 saturated heterocycles. The number of hydrogen-bond acceptors (Lipinski definition) is 3. The standard InChI is InChI=1S/C14H20N2O2.ClH/c17-13-3-1-2-11(10-13)4-9-16-14(18)12-5-7-15-8-6-12;/h1-3,10,12,15,17H,4-9H2,(H,16,18);1H. The minimum absolute atomic E-state index is 0. The summed E-state index contributed by atoms with van der Waals surface area (Å²) in [7, 11) is 0. The highest BCUT2D eigenvalue weighted by molar-refractivity contribution is 5.85. The van der Waals surface area contributed by atoms with E-state index in [0.29, 0.717) is 6.54 Å². The molecule has 0 bridgehead atoms. The Balaban J connectivity index is 0.00000180. The fourth-order valence-corrected chi connectivity index (χ4v) is 2.27. The molecule has 5 heteroatoms. The number of halogens is 1. The molecule has 1 aromatic rings. The van der Waals surface area contributed by atoms with Gasteiger partial charge in [-0.1, -0.05) is 12.1 Å². The molecule has 0 aromatic heterocycles. The van der Waals surface area contributed by atoms with Gasteiger partial charge in [-0.3, -0.25) is 4.79 Å². The van der Waals surface area contributed by atoms with Gasteiger partial charge in [0.2, 0.25) is 5.91 Å². The normalized spacial score (nSPS) is 15.6. The average molecular weight is 285 g/mol. The third-order valence-electron chi connectivity index (χ3n) is 3.33. The number of piperidine rings is 1. The van der Waals surface area contributed by atoms with E-state index in [4.69, 9.17) is 0 Å². The van der Waals surface area contributed by atoms with Crippen LogP contribution in [0.15, 0.2) is 24.3 Å². The van der Waals surface area contributed by atoms with Crippen molar-refractivity contribution in [2.75, 3.05) is 19.6 Å². The van der Waals surface area contributed by atoms with Crippen molar-refractivity contribution in [2.24, 2.45) is 5.92 Å². The second kappa shape index (κ2) is 8.02. The van der Waals surface area contributed by atoms with Gasteiger partial charge in [0.25, 0.3) is 0 Å². The van der Waals surface area contributed by atoms with Crippen LogP contribution in [-0.2, 0) is 11.2 Å². The van der Waals surface area contributed by atoms with E-state index in [-0.39, 0.29) is 30.0 Å². The van der Waals surface area contributed by atoms with Gasteiger partial charge in [0, 0.05) is 12.5 Å². The molecule has 1 aliphatic heterocycles. The molecule has 0 spiro atoms. The van der Waals surface area contributed by atoms with Crippen molar-refractivity contribution in [3.05, 3.63) is 29.8 Å². The molecule has 0 saturated carbocycles. The molecule has 0 radical (unpaired) electrons. The van der Waals surface area contributed by atoms with Crippen LogP contribution in [0.2, 0.25) is 0 Å². The van der Waals surface area contributed by atoms with Gasteiger partial charge >= 0.3 is 0 Å². The van der Waals surface area contributed by atoms with E-state index in [1.807, 2.05) is 12.1 Å². The Bertz CT molecular complexity index is 406. The van der Waals surface area contributed by atoms with Crippen LogP contribution in [0.5, 0.6) is 5.75 Å². The molecule has 19 heavy (non-hydrogen) atoms. The molecule has 1 aliphatic rings. The summed E-state index contributed by atoms with van der Waals surface area (Å²) in [5.74, 6) is 0.601. The van der Waals surface area contributed by atoms with Gasteiger partial charge < -0.3 is 15.7 Å². The second-order valence-corrected chi connectivity index (χ2v) is 4.74. The van der Waals surface area contributed by atoms with Crippen molar-refractivity contribution in [3.8, 4) is 5.75 Å². The van der Waals surface area contributed by atoms with Crippen molar-refractivity contribution in [2.45, 2.75) is 19.3 Å². The number of carbonyl (C=O) groups excluding carboxylic acids is 1. The van der Waals surface area contributed by atoms with Gasteiger partial charge in [0.1, 0.15) is 5.75 Å². The van der Waals surface area contributed by atoms with E-state index in [2.05, 4.69) is 10.6 Å². The van der Waals surface area contributed by atoms with Crippen LogP contribution >= 0.6 is 12.4 Å². The number of nitrogens with one attached hydrogen (secondary N) is 2. The maximum Gasteiger partial charge on any atom is 0.223 e. The third-order valence-corrected chi connectivity index (χ3v) is 3.33. The zero-order chi connectivity index (χ0) is 12.8. The number of hydrogen-bond donors (Lipinski definition) is 3. The Morgan fingerprint density at radius 1 is 1.37 bits per heavy atom.